The summed E-state index contributed by atoms with van der Waals surface area (Å²) in [4.78, 5) is 0. The summed E-state index contributed by atoms with van der Waals surface area (Å²) in [6, 6.07) is 14.0. The molecule has 0 unspecified atom stereocenters. The van der Waals surface area contributed by atoms with Gasteiger partial charge >= 0.3 is 10.4 Å². The summed E-state index contributed by atoms with van der Waals surface area (Å²) in [7, 11) is -4.67. The fourth-order valence-electron chi connectivity index (χ4n) is 7.98. The van der Waals surface area contributed by atoms with Gasteiger partial charge in [0.05, 0.1) is 0 Å². The van der Waals surface area contributed by atoms with Crippen molar-refractivity contribution >= 4 is 21.2 Å². The Kier molecular flexibility index (Phi) is 33.9. The van der Waals surface area contributed by atoms with Gasteiger partial charge in [-0.15, -0.1) is 0 Å². The third kappa shape index (κ3) is 32.5. The van der Waals surface area contributed by atoms with Crippen LogP contribution in [0.15, 0.2) is 36.4 Å². The van der Waals surface area contributed by atoms with E-state index in [0.29, 0.717) is 0 Å². The molecule has 0 amide bonds. The van der Waals surface area contributed by atoms with Crippen molar-refractivity contribution in [3.8, 4) is 0 Å². The number of benzene rings is 2. The Bertz CT molecular complexity index is 1170. The second-order valence-electron chi connectivity index (χ2n) is 16.2. The highest BCUT2D eigenvalue weighted by molar-refractivity contribution is 7.79. The minimum atomic E-state index is -4.67. The fraction of sp³-hybridized carbons (Fsp3) is 0.792. The van der Waals surface area contributed by atoms with Gasteiger partial charge in [-0.05, 0) is 47.6 Å². The first kappa shape index (κ1) is 49.6. The Hall–Kier alpha value is -1.43. The maximum Gasteiger partial charge on any atom is 0.394 e. The van der Waals surface area contributed by atoms with Crippen molar-refractivity contribution in [1.82, 2.24) is 0 Å². The van der Waals surface area contributed by atoms with E-state index in [9.17, 15) is 0 Å². The van der Waals surface area contributed by atoms with Gasteiger partial charge < -0.3 is 0 Å². The van der Waals surface area contributed by atoms with Crippen molar-refractivity contribution < 1.29 is 17.5 Å². The highest BCUT2D eigenvalue weighted by Gasteiger charge is 2.08. The number of hydrogen-bond acceptors (Lipinski definition) is 2. The van der Waals surface area contributed by atoms with Crippen LogP contribution in [0.1, 0.15) is 243 Å². The van der Waals surface area contributed by atoms with Crippen LogP contribution in [0.5, 0.6) is 0 Å². The van der Waals surface area contributed by atoms with E-state index >= 15 is 0 Å². The summed E-state index contributed by atoms with van der Waals surface area (Å²) in [6.45, 7) is 4.62. The standard InChI is InChI=1S/C48H84.H2O4S/c1-3-5-7-9-11-13-15-17-19-21-23-25-27-29-31-33-35-39-45-43-44-46-40-37-38-42-48(46)47(45)41-36-34-32-30-28-26-24-22-20-18-16-14-12-10-8-6-4-2;1-5(2,3)4/h37-38,40,42-44H,3-36,39,41H2,1-2H3;(H2,1,2,3,4). The van der Waals surface area contributed by atoms with Gasteiger partial charge in [0.15, 0.2) is 0 Å². The number of hydrogen-bond donors (Lipinski definition) is 2. The summed E-state index contributed by atoms with van der Waals surface area (Å²) in [5, 5.41) is 2.96. The molecule has 53 heavy (non-hydrogen) atoms. The van der Waals surface area contributed by atoms with Crippen molar-refractivity contribution in [3.63, 3.8) is 0 Å². The summed E-state index contributed by atoms with van der Waals surface area (Å²) < 4.78 is 31.6. The number of rotatable bonds is 36. The van der Waals surface area contributed by atoms with Crippen molar-refractivity contribution in [2.45, 2.75) is 245 Å². The monoisotopic (exact) mass is 759 g/mol. The van der Waals surface area contributed by atoms with Crippen molar-refractivity contribution in [2.24, 2.45) is 0 Å². The molecule has 0 saturated carbocycles. The highest BCUT2D eigenvalue weighted by atomic mass is 32.3. The first-order valence-electron chi connectivity index (χ1n) is 23.1. The lowest BCUT2D eigenvalue weighted by molar-refractivity contribution is 0.381. The number of aryl methyl sites for hydroxylation is 2. The Labute approximate surface area is 330 Å². The van der Waals surface area contributed by atoms with Crippen LogP contribution in [0.25, 0.3) is 10.8 Å². The molecule has 2 aromatic rings. The van der Waals surface area contributed by atoms with E-state index < -0.39 is 10.4 Å². The first-order chi connectivity index (χ1) is 25.9. The summed E-state index contributed by atoms with van der Waals surface area (Å²) in [6.07, 6.45) is 51.8. The second-order valence-corrected chi connectivity index (χ2v) is 17.1. The SMILES string of the molecule is CCCCCCCCCCCCCCCCCCCc1ccc2ccccc2c1CCCCCCCCCCCCCCCCCCC.O=S(=O)(O)O. The van der Waals surface area contributed by atoms with E-state index in [1.54, 1.807) is 11.1 Å². The van der Waals surface area contributed by atoms with E-state index in [4.69, 9.17) is 17.5 Å². The quantitative estimate of drug-likeness (QED) is 0.0536. The molecule has 0 atom stereocenters. The molecule has 0 aliphatic rings. The lowest BCUT2D eigenvalue weighted by atomic mass is 9.91. The van der Waals surface area contributed by atoms with Gasteiger partial charge in [-0.25, -0.2) is 0 Å². The smallest absolute Gasteiger partial charge is 0.264 e. The molecule has 308 valence electrons. The Morgan fingerprint density at radius 1 is 0.377 bits per heavy atom. The van der Waals surface area contributed by atoms with E-state index in [2.05, 4.69) is 50.2 Å². The van der Waals surface area contributed by atoms with E-state index in [-0.39, 0.29) is 0 Å². The van der Waals surface area contributed by atoms with Gasteiger partial charge in [0, 0.05) is 0 Å². The zero-order chi connectivity index (χ0) is 38.5. The molecule has 4 nitrogen and oxygen atoms in total. The van der Waals surface area contributed by atoms with Gasteiger partial charge in [0.1, 0.15) is 0 Å². The zero-order valence-corrected chi connectivity index (χ0v) is 35.9. The molecular formula is C48H86O4S. The maximum atomic E-state index is 8.74. The van der Waals surface area contributed by atoms with Gasteiger partial charge in [0.2, 0.25) is 0 Å². The second kappa shape index (κ2) is 36.2. The average Bonchev–Trinajstić information content (AvgIpc) is 3.14. The van der Waals surface area contributed by atoms with Gasteiger partial charge in [-0.2, -0.15) is 8.42 Å². The molecule has 2 aromatic carbocycles. The van der Waals surface area contributed by atoms with Crippen LogP contribution in [0.2, 0.25) is 0 Å². The Balaban J connectivity index is 0.00000262. The topological polar surface area (TPSA) is 74.6 Å². The third-order valence-corrected chi connectivity index (χ3v) is 11.2. The fourth-order valence-corrected chi connectivity index (χ4v) is 7.98. The van der Waals surface area contributed by atoms with E-state index in [1.807, 2.05) is 0 Å². The average molecular weight is 759 g/mol. The third-order valence-electron chi connectivity index (χ3n) is 11.2. The maximum absolute atomic E-state index is 8.74. The molecule has 0 bridgehead atoms. The van der Waals surface area contributed by atoms with Crippen LogP contribution in [-0.4, -0.2) is 17.5 Å². The molecule has 0 radical (unpaired) electrons. The number of fused-ring (bicyclic) bond motifs is 1. The Morgan fingerprint density at radius 2 is 0.660 bits per heavy atom. The number of unbranched alkanes of at least 4 members (excludes halogenated alkanes) is 32. The summed E-state index contributed by atoms with van der Waals surface area (Å²) >= 11 is 0. The van der Waals surface area contributed by atoms with Crippen LogP contribution in [0.4, 0.5) is 0 Å². The van der Waals surface area contributed by atoms with Gasteiger partial charge in [-0.3, -0.25) is 9.11 Å². The molecule has 0 aromatic heterocycles. The Morgan fingerprint density at radius 3 is 1.00 bits per heavy atom. The molecule has 2 rings (SSSR count). The molecule has 2 N–H and O–H groups in total. The molecule has 0 aliphatic heterocycles. The van der Waals surface area contributed by atoms with Crippen molar-refractivity contribution in [1.29, 1.82) is 0 Å². The lowest BCUT2D eigenvalue weighted by Crippen LogP contribution is -1.97. The van der Waals surface area contributed by atoms with E-state index in [0.717, 1.165) is 0 Å². The van der Waals surface area contributed by atoms with Crippen LogP contribution in [-0.2, 0) is 23.2 Å². The summed E-state index contributed by atoms with van der Waals surface area (Å²) in [5.74, 6) is 0. The normalized spacial score (nSPS) is 11.6. The first-order valence-corrected chi connectivity index (χ1v) is 24.5. The molecule has 0 spiro atoms. The molecule has 0 aliphatic carbocycles. The van der Waals surface area contributed by atoms with E-state index in [1.165, 1.54) is 242 Å². The minimum absolute atomic E-state index is 1.27. The molecule has 0 heterocycles. The highest BCUT2D eigenvalue weighted by Crippen LogP contribution is 2.27. The predicted molar refractivity (Wildman–Crippen MR) is 234 cm³/mol. The minimum Gasteiger partial charge on any atom is -0.264 e. The van der Waals surface area contributed by atoms with Crippen molar-refractivity contribution in [3.05, 3.63) is 47.5 Å². The zero-order valence-electron chi connectivity index (χ0n) is 35.0. The largest absolute Gasteiger partial charge is 0.394 e. The molecular weight excluding hydrogens is 673 g/mol. The van der Waals surface area contributed by atoms with Crippen LogP contribution < -0.4 is 0 Å². The van der Waals surface area contributed by atoms with Crippen LogP contribution >= 0.6 is 0 Å². The summed E-state index contributed by atoms with van der Waals surface area (Å²) in [5.41, 5.74) is 3.32. The predicted octanol–water partition coefficient (Wildman–Crippen LogP) is 16.6. The molecule has 0 saturated heterocycles. The van der Waals surface area contributed by atoms with Gasteiger partial charge in [-0.1, -0.05) is 256 Å². The van der Waals surface area contributed by atoms with Crippen molar-refractivity contribution in [2.75, 3.05) is 0 Å². The van der Waals surface area contributed by atoms with Crippen LogP contribution in [0, 0.1) is 0 Å². The molecule has 5 heteroatoms. The lowest BCUT2D eigenvalue weighted by Gasteiger charge is -2.14. The van der Waals surface area contributed by atoms with Crippen LogP contribution in [0.3, 0.4) is 0 Å². The van der Waals surface area contributed by atoms with Gasteiger partial charge in [0.25, 0.3) is 0 Å². The molecule has 0 fully saturated rings.